The van der Waals surface area contributed by atoms with Crippen LogP contribution in [0.15, 0.2) is 85.2 Å². The lowest BCUT2D eigenvalue weighted by Crippen LogP contribution is -2.42. The number of carbonyl (C=O) groups is 5. The number of Topliss-reactive ketones (excluding diaryl/α,β-unsaturated/α-hetero) is 1. The number of nitrogens with one attached hydrogen (secondary N) is 1. The number of imidazole rings is 3. The quantitative estimate of drug-likeness (QED) is 0.0944. The second-order valence-electron chi connectivity index (χ2n) is 29.1. The number of aromatic nitrogens is 8. The molecule has 22 nitrogen and oxygen atoms in total. The average Bonchev–Trinajstić information content (AvgIpc) is 1.65. The highest BCUT2D eigenvalue weighted by molar-refractivity contribution is 5.98. The minimum atomic E-state index is -0.363. The van der Waals surface area contributed by atoms with Gasteiger partial charge in [-0.15, -0.1) is 0 Å². The summed E-state index contributed by atoms with van der Waals surface area (Å²) < 4.78 is 29.8. The van der Waals surface area contributed by atoms with Gasteiger partial charge in [-0.25, -0.2) is 29.3 Å². The van der Waals surface area contributed by atoms with E-state index >= 15 is 0 Å². The molecule has 4 aromatic carbocycles. The van der Waals surface area contributed by atoms with E-state index in [-0.39, 0.29) is 54.8 Å². The number of piperidine rings is 1. The molecule has 1 N–H and O–H groups in total. The van der Waals surface area contributed by atoms with Gasteiger partial charge in [0.05, 0.1) is 77.6 Å². The molecule has 8 heterocycles. The van der Waals surface area contributed by atoms with Crippen LogP contribution in [0.2, 0.25) is 0 Å². The highest BCUT2D eigenvalue weighted by Crippen LogP contribution is 2.44. The number of methoxy groups -OCH3 is 4. The number of ether oxygens (including phenoxy) is 4. The second-order valence-corrected chi connectivity index (χ2v) is 29.1. The summed E-state index contributed by atoms with van der Waals surface area (Å²) in [5.41, 5.74) is 13.6. The van der Waals surface area contributed by atoms with E-state index in [0.29, 0.717) is 48.8 Å². The molecule has 3 fully saturated rings. The van der Waals surface area contributed by atoms with Crippen LogP contribution < -0.4 is 20.0 Å². The van der Waals surface area contributed by atoms with Crippen molar-refractivity contribution in [3.8, 4) is 0 Å². The summed E-state index contributed by atoms with van der Waals surface area (Å²) in [6, 6.07) is 26.0. The first-order valence-electron chi connectivity index (χ1n) is 37.1. The number of rotatable bonds is 15. The first kappa shape index (κ1) is 72.2. The number of hydrogen-bond acceptors (Lipinski definition) is 14. The summed E-state index contributed by atoms with van der Waals surface area (Å²) >= 11 is 0. The third-order valence-electron chi connectivity index (χ3n) is 22.7. The SMILES string of the molecule is CCCN(C)C(=O)Cn1c(CCn2cccn2)nc2c3c(ccc21)N(C(=O)OC)[C@@H](C)CC3.COC(=O)N1c2ccc3c(nc(CC4CCC(OC)CC4)n3C3CCC(C(C)=O)CC3)c2CC[C@@H]1C.COC(=O)N1c2ccc3c(nc(Cc4ccccc4)n3[C@H]3CCNC[C@H]3C)c2CC[C@@H]1C. The largest absolute Gasteiger partial charge is 0.452 e. The number of likely N-dealkylation sites (N-methyl/N-ethyl adjacent to an activating group) is 1. The lowest BCUT2D eigenvalue weighted by molar-refractivity contribution is -0.130. The molecule has 101 heavy (non-hydrogen) atoms. The molecule has 2 aliphatic carbocycles. The van der Waals surface area contributed by atoms with Crippen LogP contribution in [0.25, 0.3) is 33.1 Å². The van der Waals surface area contributed by atoms with Gasteiger partial charge in [-0.2, -0.15) is 5.10 Å². The van der Waals surface area contributed by atoms with Gasteiger partial charge in [0.15, 0.2) is 0 Å². The van der Waals surface area contributed by atoms with Gasteiger partial charge >= 0.3 is 18.3 Å². The maximum absolute atomic E-state index is 12.9. The van der Waals surface area contributed by atoms with Crippen molar-refractivity contribution in [2.75, 3.05) is 69.8 Å². The second kappa shape index (κ2) is 32.1. The van der Waals surface area contributed by atoms with Crippen LogP contribution in [0.4, 0.5) is 31.4 Å². The van der Waals surface area contributed by atoms with E-state index in [1.165, 1.54) is 62.2 Å². The Kier molecular flexibility index (Phi) is 23.0. The number of ketones is 1. The summed E-state index contributed by atoms with van der Waals surface area (Å²) in [6.45, 7) is 16.0. The maximum Gasteiger partial charge on any atom is 0.414 e. The number of hydrogen-bond donors (Lipinski definition) is 1. The Balaban J connectivity index is 0.000000144. The van der Waals surface area contributed by atoms with Crippen LogP contribution in [-0.4, -0.2) is 153 Å². The minimum Gasteiger partial charge on any atom is -0.452 e. The van der Waals surface area contributed by atoms with Crippen molar-refractivity contribution >= 4 is 80.1 Å². The molecule has 0 unspecified atom stereocenters. The molecule has 0 bridgehead atoms. The molecule has 8 aromatic rings. The fourth-order valence-corrected chi connectivity index (χ4v) is 17.0. The zero-order chi connectivity index (χ0) is 71.2. The van der Waals surface area contributed by atoms with Crippen LogP contribution in [0.1, 0.15) is 177 Å². The number of anilines is 3. The van der Waals surface area contributed by atoms with E-state index < -0.39 is 0 Å². The molecular weight excluding hydrogens is 1270 g/mol. The Morgan fingerprint density at radius 2 is 1.13 bits per heavy atom. The molecule has 0 radical (unpaired) electrons. The molecular formula is C79H105N13O9. The number of amides is 4. The van der Waals surface area contributed by atoms with Crippen molar-refractivity contribution in [3.05, 3.63) is 125 Å². The average molecular weight is 1380 g/mol. The van der Waals surface area contributed by atoms with Gasteiger partial charge in [0.2, 0.25) is 5.91 Å². The standard InChI is InChI=1S/C29H41N3O4.C26H32N4O2.C24H32N6O3/c1-18-5-14-24-25(31(18)29(34)36-4)15-16-26-28(24)30-27(17-20-6-12-23(35-3)13-7-20)32(26)22-10-8-21(9-11-22)19(2)33;1-17-16-27-14-13-21(17)30-23-12-11-22-20(10-9-18(2)29(22)26(31)32-3)25(23)28-24(30)15-19-7-5-4-6-8-19;1-5-13-27(3)22(31)16-29-20-10-9-19-18(8-7-17(2)30(19)24(32)33-4)23(20)26-21(29)11-15-28-14-6-12-25-28/h15-16,18,20-23H,5-14,17H2,1-4H3;4-8,11-12,17-18,21,27H,9-10,13-16H2,1-3H3;6,9-10,12,14,17H,5,7-8,11,13,15-16H2,1-4H3/t18-,20?,21?,22?,23?;17-,18+,21+;17-/m010/s1. The van der Waals surface area contributed by atoms with Crippen molar-refractivity contribution < 1.29 is 42.9 Å². The molecule has 5 atom stereocenters. The van der Waals surface area contributed by atoms with Crippen molar-refractivity contribution in [1.82, 2.24) is 48.7 Å². The van der Waals surface area contributed by atoms with Crippen molar-refractivity contribution in [1.29, 1.82) is 0 Å². The van der Waals surface area contributed by atoms with Gasteiger partial charge in [-0.05, 0) is 203 Å². The summed E-state index contributed by atoms with van der Waals surface area (Å²) in [4.78, 5) is 85.2. The Labute approximate surface area is 594 Å². The van der Waals surface area contributed by atoms with E-state index in [9.17, 15) is 24.0 Å². The molecule has 4 aromatic heterocycles. The van der Waals surface area contributed by atoms with Crippen molar-refractivity contribution in [3.63, 3.8) is 0 Å². The monoisotopic (exact) mass is 1380 g/mol. The number of aryl methyl sites for hydroxylation is 5. The van der Waals surface area contributed by atoms with Gasteiger partial charge in [0, 0.05) is 112 Å². The van der Waals surface area contributed by atoms with E-state index in [4.69, 9.17) is 33.9 Å². The summed E-state index contributed by atoms with van der Waals surface area (Å²) in [6.07, 6.45) is 21.3. The third kappa shape index (κ3) is 15.2. The Morgan fingerprint density at radius 1 is 0.594 bits per heavy atom. The number of fused-ring (bicyclic) bond motifs is 9. The van der Waals surface area contributed by atoms with Crippen LogP contribution in [0, 0.1) is 17.8 Å². The molecule has 14 rings (SSSR count). The molecule has 2 saturated carbocycles. The smallest absolute Gasteiger partial charge is 0.414 e. The summed E-state index contributed by atoms with van der Waals surface area (Å²) in [5, 5.41) is 7.82. The van der Waals surface area contributed by atoms with Gasteiger partial charge < -0.3 is 42.9 Å². The van der Waals surface area contributed by atoms with Crippen molar-refractivity contribution in [2.45, 2.75) is 213 Å². The van der Waals surface area contributed by atoms with Gasteiger partial charge in [-0.3, -0.25) is 29.0 Å². The van der Waals surface area contributed by atoms with Crippen LogP contribution in [-0.2, 0) is 80.2 Å². The van der Waals surface area contributed by atoms with E-state index in [1.54, 1.807) is 32.7 Å². The minimum absolute atomic E-state index is 0.0491. The maximum atomic E-state index is 12.9. The Bertz CT molecular complexity index is 4220. The zero-order valence-corrected chi connectivity index (χ0v) is 61.3. The fraction of sp³-hybridized carbons (Fsp3) is 0.557. The van der Waals surface area contributed by atoms with Gasteiger partial charge in [0.1, 0.15) is 29.8 Å². The Morgan fingerprint density at radius 3 is 1.64 bits per heavy atom. The zero-order valence-electron chi connectivity index (χ0n) is 61.3. The number of carbonyl (C=O) groups excluding carboxylic acids is 5. The number of nitrogens with zero attached hydrogens (tertiary/aromatic N) is 12. The fourth-order valence-electron chi connectivity index (χ4n) is 17.0. The molecule has 22 heteroatoms. The van der Waals surface area contributed by atoms with Crippen LogP contribution in [0.5, 0.6) is 0 Å². The first-order valence-corrected chi connectivity index (χ1v) is 37.1. The van der Waals surface area contributed by atoms with E-state index in [1.807, 2.05) is 54.7 Å². The van der Waals surface area contributed by atoms with E-state index in [0.717, 1.165) is 184 Å². The number of benzene rings is 4. The lowest BCUT2D eigenvalue weighted by Gasteiger charge is -2.34. The van der Waals surface area contributed by atoms with Crippen molar-refractivity contribution in [2.24, 2.45) is 17.8 Å². The van der Waals surface area contributed by atoms with Gasteiger partial charge in [0.25, 0.3) is 0 Å². The molecule has 540 valence electrons. The normalized spacial score (nSPS) is 22.6. The first-order chi connectivity index (χ1) is 48.9. The van der Waals surface area contributed by atoms with Crippen LogP contribution >= 0.6 is 0 Å². The Hall–Kier alpha value is -8.63. The summed E-state index contributed by atoms with van der Waals surface area (Å²) in [5.74, 6) is 4.85. The topological polar surface area (TPSA) is 219 Å². The lowest BCUT2D eigenvalue weighted by atomic mass is 9.83. The molecule has 0 spiro atoms. The predicted molar refractivity (Wildman–Crippen MR) is 394 cm³/mol. The third-order valence-corrected chi connectivity index (χ3v) is 22.7. The van der Waals surface area contributed by atoms with Crippen LogP contribution in [0.3, 0.4) is 0 Å². The summed E-state index contributed by atoms with van der Waals surface area (Å²) in [7, 11) is 7.97. The molecule has 4 aliphatic heterocycles. The molecule has 4 amide bonds. The predicted octanol–water partition coefficient (Wildman–Crippen LogP) is 14.0. The molecule has 1 saturated heterocycles. The highest BCUT2D eigenvalue weighted by atomic mass is 16.6. The van der Waals surface area contributed by atoms with E-state index in [2.05, 4.69) is 102 Å². The highest BCUT2D eigenvalue weighted by Gasteiger charge is 2.38. The van der Waals surface area contributed by atoms with Gasteiger partial charge in [-0.1, -0.05) is 44.2 Å². The molecule has 6 aliphatic rings.